The molecule has 0 aliphatic carbocycles. The predicted molar refractivity (Wildman–Crippen MR) is 309 cm³/mol. The molecular formula is C58H79N9O19. The lowest BCUT2D eigenvalue weighted by molar-refractivity contribution is -0.175. The SMILES string of the molecule is CCc1c2c(nc3ccc(O)cc13)-c1cc3c(c(=O)n1C2)COC(=O)[C@@]3(CC)OC(=O)OCc1ccc(NC(=O)[C@H](CCCCN)NC(=O)COCC(=O)NCCOCCOCCOCCOCCOCCOCCOCCOCCN=[N+]=[N-])cc1. The van der Waals surface area contributed by atoms with Crippen LogP contribution in [0, 0.1) is 0 Å². The third-order valence-corrected chi connectivity index (χ3v) is 13.6. The van der Waals surface area contributed by atoms with E-state index in [1.807, 2.05) is 6.92 Å². The number of unbranched alkanes of at least 4 members (excludes halogenated alkanes) is 1. The number of nitrogens with one attached hydrogen (secondary N) is 3. The second-order valence-corrected chi connectivity index (χ2v) is 19.5. The van der Waals surface area contributed by atoms with Crippen LogP contribution >= 0.6 is 0 Å². The van der Waals surface area contributed by atoms with Crippen molar-refractivity contribution in [2.45, 2.75) is 77.4 Å². The molecule has 470 valence electrons. The molecule has 2 atom stereocenters. The van der Waals surface area contributed by atoms with Crippen molar-refractivity contribution >= 4 is 46.4 Å². The predicted octanol–water partition coefficient (Wildman–Crippen LogP) is 3.84. The van der Waals surface area contributed by atoms with Crippen LogP contribution in [-0.4, -0.2) is 189 Å². The van der Waals surface area contributed by atoms with E-state index >= 15 is 0 Å². The molecule has 4 aromatic rings. The van der Waals surface area contributed by atoms with E-state index in [-0.39, 0.29) is 62.6 Å². The number of amides is 3. The van der Waals surface area contributed by atoms with Crippen LogP contribution in [-0.2, 0) is 108 Å². The lowest BCUT2D eigenvalue weighted by atomic mass is 9.85. The number of aromatic hydroxyl groups is 1. The quantitative estimate of drug-likeness (QED) is 0.0122. The first-order chi connectivity index (χ1) is 41.9. The highest BCUT2D eigenvalue weighted by molar-refractivity contribution is 5.97. The standard InChI is InChI=1S/C58H79N9O19/c1-3-43-44-33-42(68)12-13-48(44)65-53-45(43)35-67-50(53)34-47-46(55(67)72)37-84-56(73)58(47,4-2)86-57(74)85-36-40-8-10-41(11-9-40)63-54(71)49(7-5-6-14-59)64-52(70)39-83-38-51(69)61-15-17-75-19-21-77-23-25-79-27-29-81-31-32-82-30-28-80-26-24-78-22-20-76-18-16-62-66-60/h8-13,33-34,49,68H,3-7,14-32,35-39,59H2,1-2H3,(H,61,69)(H,63,71)(H,64,70)/t49-,58-/m0/s1. The van der Waals surface area contributed by atoms with Crippen LogP contribution in [0.3, 0.4) is 0 Å². The molecule has 0 unspecified atom stereocenters. The molecule has 28 heteroatoms. The van der Waals surface area contributed by atoms with Crippen molar-refractivity contribution in [3.05, 3.63) is 97.1 Å². The zero-order valence-electron chi connectivity index (χ0n) is 48.8. The Hall–Kier alpha value is -7.34. The van der Waals surface area contributed by atoms with Crippen molar-refractivity contribution in [1.29, 1.82) is 0 Å². The first-order valence-corrected chi connectivity index (χ1v) is 28.7. The lowest BCUT2D eigenvalue weighted by Gasteiger charge is -2.35. The second-order valence-electron chi connectivity index (χ2n) is 19.5. The summed E-state index contributed by atoms with van der Waals surface area (Å²) in [7, 11) is 0. The Morgan fingerprint density at radius 1 is 0.779 bits per heavy atom. The van der Waals surface area contributed by atoms with Crippen LogP contribution in [0.1, 0.15) is 67.3 Å². The van der Waals surface area contributed by atoms with Crippen molar-refractivity contribution in [2.24, 2.45) is 10.8 Å². The minimum Gasteiger partial charge on any atom is -0.508 e. The van der Waals surface area contributed by atoms with Gasteiger partial charge in [0.05, 0.1) is 135 Å². The van der Waals surface area contributed by atoms with Crippen LogP contribution in [0.15, 0.2) is 58.4 Å². The van der Waals surface area contributed by atoms with Gasteiger partial charge >= 0.3 is 12.1 Å². The van der Waals surface area contributed by atoms with E-state index in [9.17, 15) is 33.9 Å². The van der Waals surface area contributed by atoms with Crippen molar-refractivity contribution in [2.75, 3.05) is 144 Å². The molecule has 2 aliphatic rings. The zero-order valence-corrected chi connectivity index (χ0v) is 48.8. The summed E-state index contributed by atoms with van der Waals surface area (Å²) < 4.78 is 67.1. The maximum atomic E-state index is 14.1. The molecule has 0 radical (unpaired) electrons. The van der Waals surface area contributed by atoms with E-state index < -0.39 is 60.3 Å². The first-order valence-electron chi connectivity index (χ1n) is 28.7. The first kappa shape index (κ1) is 67.8. The monoisotopic (exact) mass is 1210 g/mol. The van der Waals surface area contributed by atoms with Gasteiger partial charge in [-0.3, -0.25) is 19.2 Å². The summed E-state index contributed by atoms with van der Waals surface area (Å²) in [5.41, 5.74) is 16.1. The van der Waals surface area contributed by atoms with Crippen LogP contribution in [0.25, 0.3) is 32.7 Å². The maximum Gasteiger partial charge on any atom is 0.510 e. The molecule has 2 aromatic carbocycles. The van der Waals surface area contributed by atoms with Crippen molar-refractivity contribution < 1.29 is 85.9 Å². The van der Waals surface area contributed by atoms with Crippen molar-refractivity contribution in [1.82, 2.24) is 20.2 Å². The smallest absolute Gasteiger partial charge is 0.508 e. The highest BCUT2D eigenvalue weighted by atomic mass is 16.7. The molecule has 0 saturated carbocycles. The van der Waals surface area contributed by atoms with E-state index in [0.717, 1.165) is 16.5 Å². The van der Waals surface area contributed by atoms with Gasteiger partial charge in [0.2, 0.25) is 23.3 Å². The van der Waals surface area contributed by atoms with Crippen LogP contribution in [0.5, 0.6) is 5.75 Å². The number of nitrogens with two attached hydrogens (primary N) is 1. The number of phenolic OH excluding ortho intramolecular Hbond substituents is 1. The summed E-state index contributed by atoms with van der Waals surface area (Å²) in [6.07, 6.45) is 0.774. The molecule has 2 aliphatic heterocycles. The van der Waals surface area contributed by atoms with Crippen molar-refractivity contribution in [3.63, 3.8) is 0 Å². The molecule has 6 rings (SSSR count). The molecule has 0 spiro atoms. The van der Waals surface area contributed by atoms with Gasteiger partial charge in [-0.25, -0.2) is 14.6 Å². The number of esters is 1. The molecule has 0 fully saturated rings. The maximum absolute atomic E-state index is 14.1. The van der Waals surface area contributed by atoms with Gasteiger partial charge < -0.3 is 88.2 Å². The van der Waals surface area contributed by atoms with Gasteiger partial charge in [-0.05, 0) is 91.7 Å². The number of pyridine rings is 2. The minimum absolute atomic E-state index is 0.0745. The van der Waals surface area contributed by atoms with E-state index in [1.165, 1.54) is 0 Å². The van der Waals surface area contributed by atoms with Crippen LogP contribution in [0.4, 0.5) is 10.5 Å². The van der Waals surface area contributed by atoms with E-state index in [1.54, 1.807) is 60.0 Å². The fourth-order valence-electron chi connectivity index (χ4n) is 9.28. The number of rotatable bonds is 43. The number of carbonyl (C=O) groups excluding carboxylic acids is 5. The largest absolute Gasteiger partial charge is 0.510 e. The van der Waals surface area contributed by atoms with Gasteiger partial charge in [0.15, 0.2) is 0 Å². The number of aromatic nitrogens is 2. The number of cyclic esters (lactones) is 1. The Labute approximate surface area is 497 Å². The zero-order chi connectivity index (χ0) is 61.4. The van der Waals surface area contributed by atoms with Gasteiger partial charge in [-0.15, -0.1) is 0 Å². The number of hydrogen-bond donors (Lipinski definition) is 5. The van der Waals surface area contributed by atoms with Gasteiger partial charge in [0, 0.05) is 40.2 Å². The molecule has 3 amide bonds. The van der Waals surface area contributed by atoms with Gasteiger partial charge in [0.1, 0.15) is 38.2 Å². The number of phenols is 1. The average Bonchev–Trinajstić information content (AvgIpc) is 1.46. The van der Waals surface area contributed by atoms with E-state index in [0.29, 0.717) is 160 Å². The molecular weight excluding hydrogens is 1130 g/mol. The average molecular weight is 1210 g/mol. The third kappa shape index (κ3) is 21.0. The number of azide groups is 1. The molecule has 2 aromatic heterocycles. The molecule has 4 heterocycles. The Morgan fingerprint density at radius 2 is 1.38 bits per heavy atom. The molecule has 28 nitrogen and oxygen atoms in total. The van der Waals surface area contributed by atoms with Gasteiger partial charge in [0.25, 0.3) is 5.56 Å². The number of aryl methyl sites for hydroxylation is 1. The lowest BCUT2D eigenvalue weighted by Crippen LogP contribution is -2.47. The normalized spacial score (nSPS) is 14.3. The van der Waals surface area contributed by atoms with Gasteiger partial charge in [-0.2, -0.15) is 0 Å². The Balaban J connectivity index is 0.810. The van der Waals surface area contributed by atoms with Gasteiger partial charge in [-0.1, -0.05) is 31.1 Å². The summed E-state index contributed by atoms with van der Waals surface area (Å²) >= 11 is 0. The molecule has 0 saturated heterocycles. The number of fused-ring (bicyclic) bond motifs is 5. The highest BCUT2D eigenvalue weighted by Crippen LogP contribution is 2.42. The number of ether oxygens (including phenoxy) is 12. The third-order valence-electron chi connectivity index (χ3n) is 13.6. The number of hydrogen-bond acceptors (Lipinski definition) is 22. The number of benzene rings is 2. The Morgan fingerprint density at radius 3 is 1.98 bits per heavy atom. The molecule has 86 heavy (non-hydrogen) atoms. The summed E-state index contributed by atoms with van der Waals surface area (Å²) in [5, 5.41) is 22.5. The summed E-state index contributed by atoms with van der Waals surface area (Å²) in [6.45, 7) is 9.57. The molecule has 6 N–H and O–H groups in total. The summed E-state index contributed by atoms with van der Waals surface area (Å²) in [4.78, 5) is 87.3. The van der Waals surface area contributed by atoms with E-state index in [4.69, 9.17) is 73.1 Å². The van der Waals surface area contributed by atoms with E-state index in [2.05, 4.69) is 26.0 Å². The number of anilines is 1. The number of carbonyl (C=O) groups is 5. The van der Waals surface area contributed by atoms with Crippen LogP contribution < -0.4 is 27.2 Å². The fourth-order valence-corrected chi connectivity index (χ4v) is 9.28. The highest BCUT2D eigenvalue weighted by Gasteiger charge is 2.51. The summed E-state index contributed by atoms with van der Waals surface area (Å²) in [6, 6.07) is 12.0. The Kier molecular flexibility index (Phi) is 29.4. The fraction of sp³-hybridized carbons (Fsp3) is 0.569. The topological polar surface area (TPSA) is 362 Å². The number of nitrogens with zero attached hydrogens (tertiary/aromatic N) is 5. The Bertz CT molecular complexity index is 2940. The summed E-state index contributed by atoms with van der Waals surface area (Å²) in [5.74, 6) is -2.34. The van der Waals surface area contributed by atoms with Crippen molar-refractivity contribution in [3.8, 4) is 17.1 Å². The second kappa shape index (κ2) is 37.3. The minimum atomic E-state index is -2.00. The van der Waals surface area contributed by atoms with Crippen LogP contribution in [0.2, 0.25) is 0 Å². The molecule has 0 bridgehead atoms.